The zero-order valence-corrected chi connectivity index (χ0v) is 11.5. The molecule has 98 valence electrons. The van der Waals surface area contributed by atoms with Gasteiger partial charge >= 0.3 is 0 Å². The average molecular weight is 263 g/mol. The number of thioether (sulfide) groups is 1. The molecule has 1 aromatic rings. The Morgan fingerprint density at radius 2 is 2.17 bits per heavy atom. The minimum atomic E-state index is 0.332. The lowest BCUT2D eigenvalue weighted by atomic mass is 9.99. The molecule has 0 amide bonds. The Morgan fingerprint density at radius 1 is 1.33 bits per heavy atom. The van der Waals surface area contributed by atoms with E-state index in [1.54, 1.807) is 0 Å². The smallest absolute Gasteiger partial charge is 0.0436 e. The molecule has 0 radical (unpaired) electrons. The molecule has 1 heterocycles. The molecule has 0 spiro atoms. The summed E-state index contributed by atoms with van der Waals surface area (Å²) in [6.07, 6.45) is 4.74. The minimum Gasteiger partial charge on any atom is -0.396 e. The number of nitrogens with one attached hydrogen (secondary N) is 1. The van der Waals surface area contributed by atoms with E-state index < -0.39 is 0 Å². The molecule has 0 bridgehead atoms. The summed E-state index contributed by atoms with van der Waals surface area (Å²) in [6, 6.07) is 9.26. The van der Waals surface area contributed by atoms with E-state index in [2.05, 4.69) is 29.6 Å². The van der Waals surface area contributed by atoms with Crippen LogP contribution in [0.2, 0.25) is 0 Å². The summed E-state index contributed by atoms with van der Waals surface area (Å²) in [4.78, 5) is 1.44. The number of hydrogen-bond acceptors (Lipinski definition) is 3. The van der Waals surface area contributed by atoms with Crippen LogP contribution in [0.25, 0.3) is 0 Å². The molecule has 18 heavy (non-hydrogen) atoms. The second kappa shape index (κ2) is 5.24. The highest BCUT2D eigenvalue weighted by molar-refractivity contribution is 7.99. The van der Waals surface area contributed by atoms with Gasteiger partial charge in [-0.2, -0.15) is 0 Å². The predicted octanol–water partition coefficient (Wildman–Crippen LogP) is 2.98. The summed E-state index contributed by atoms with van der Waals surface area (Å²) in [7, 11) is 0. The van der Waals surface area contributed by atoms with Crippen molar-refractivity contribution in [3.63, 3.8) is 0 Å². The first-order valence-corrected chi connectivity index (χ1v) is 7.88. The largest absolute Gasteiger partial charge is 0.396 e. The van der Waals surface area contributed by atoms with Gasteiger partial charge in [0, 0.05) is 24.1 Å². The molecule has 1 atom stereocenters. The molecule has 3 heteroatoms. The van der Waals surface area contributed by atoms with Crippen LogP contribution in [0.5, 0.6) is 0 Å². The van der Waals surface area contributed by atoms with Gasteiger partial charge in [-0.1, -0.05) is 18.2 Å². The van der Waals surface area contributed by atoms with Gasteiger partial charge in [0.2, 0.25) is 0 Å². The van der Waals surface area contributed by atoms with Gasteiger partial charge < -0.3 is 10.4 Å². The van der Waals surface area contributed by atoms with Crippen molar-refractivity contribution in [3.8, 4) is 0 Å². The molecule has 2 aliphatic rings. The molecule has 1 aromatic carbocycles. The topological polar surface area (TPSA) is 32.3 Å². The van der Waals surface area contributed by atoms with Crippen LogP contribution in [0.1, 0.15) is 37.3 Å². The molecule has 1 aliphatic carbocycles. The van der Waals surface area contributed by atoms with Crippen LogP contribution in [0.4, 0.5) is 0 Å². The summed E-state index contributed by atoms with van der Waals surface area (Å²) >= 11 is 1.97. The van der Waals surface area contributed by atoms with Crippen molar-refractivity contribution in [3.05, 3.63) is 29.8 Å². The Hall–Kier alpha value is -0.510. The lowest BCUT2D eigenvalue weighted by molar-refractivity contribution is 0.241. The summed E-state index contributed by atoms with van der Waals surface area (Å²) in [5, 5.41) is 12.8. The van der Waals surface area contributed by atoms with Gasteiger partial charge in [0.25, 0.3) is 0 Å². The minimum absolute atomic E-state index is 0.332. The van der Waals surface area contributed by atoms with Gasteiger partial charge in [0.15, 0.2) is 0 Å². The van der Waals surface area contributed by atoms with Crippen molar-refractivity contribution >= 4 is 11.8 Å². The second-order valence-corrected chi connectivity index (χ2v) is 6.72. The summed E-state index contributed by atoms with van der Waals surface area (Å²) < 4.78 is 0. The van der Waals surface area contributed by atoms with Gasteiger partial charge in [-0.25, -0.2) is 0 Å². The van der Waals surface area contributed by atoms with Crippen LogP contribution in [0.3, 0.4) is 0 Å². The molecule has 1 fully saturated rings. The average Bonchev–Trinajstić information content (AvgIpc) is 3.17. The third kappa shape index (κ3) is 2.58. The molecule has 1 aliphatic heterocycles. The van der Waals surface area contributed by atoms with Crippen LogP contribution in [0, 0.1) is 5.41 Å². The Bertz CT molecular complexity index is 417. The first kappa shape index (κ1) is 12.5. The third-order valence-corrected chi connectivity index (χ3v) is 5.40. The van der Waals surface area contributed by atoms with E-state index in [1.807, 2.05) is 11.8 Å². The second-order valence-electron chi connectivity index (χ2n) is 5.58. The molecule has 0 aromatic heterocycles. The maximum Gasteiger partial charge on any atom is 0.0436 e. The molecule has 2 nitrogen and oxygen atoms in total. The molecular weight excluding hydrogens is 242 g/mol. The monoisotopic (exact) mass is 263 g/mol. The van der Waals surface area contributed by atoms with Gasteiger partial charge in [-0.05, 0) is 48.5 Å². The lowest BCUT2D eigenvalue weighted by Crippen LogP contribution is -2.30. The van der Waals surface area contributed by atoms with Crippen molar-refractivity contribution < 1.29 is 5.11 Å². The predicted molar refractivity (Wildman–Crippen MR) is 75.9 cm³/mol. The number of fused-ring (bicyclic) bond motifs is 1. The normalized spacial score (nSPS) is 24.6. The van der Waals surface area contributed by atoms with Crippen molar-refractivity contribution in [1.82, 2.24) is 5.32 Å². The Kier molecular flexibility index (Phi) is 3.64. The maximum atomic E-state index is 9.11. The molecule has 1 saturated carbocycles. The van der Waals surface area contributed by atoms with Gasteiger partial charge in [0.1, 0.15) is 0 Å². The van der Waals surface area contributed by atoms with E-state index in [1.165, 1.54) is 35.5 Å². The number of hydrogen-bond donors (Lipinski definition) is 2. The van der Waals surface area contributed by atoms with Crippen molar-refractivity contribution in [2.24, 2.45) is 5.41 Å². The van der Waals surface area contributed by atoms with E-state index in [9.17, 15) is 0 Å². The zero-order chi connectivity index (χ0) is 12.4. The Morgan fingerprint density at radius 3 is 2.94 bits per heavy atom. The summed E-state index contributed by atoms with van der Waals surface area (Å²) in [5.74, 6) is 1.21. The Balaban J connectivity index is 1.64. The zero-order valence-electron chi connectivity index (χ0n) is 10.7. The van der Waals surface area contributed by atoms with Crippen LogP contribution in [-0.2, 0) is 0 Å². The van der Waals surface area contributed by atoms with Gasteiger partial charge in [0.05, 0.1) is 0 Å². The van der Waals surface area contributed by atoms with Gasteiger partial charge in [-0.15, -0.1) is 11.8 Å². The number of aliphatic hydroxyl groups is 1. The molecule has 1 unspecified atom stereocenters. The van der Waals surface area contributed by atoms with Crippen LogP contribution < -0.4 is 5.32 Å². The van der Waals surface area contributed by atoms with Crippen molar-refractivity contribution in [2.75, 3.05) is 18.9 Å². The van der Waals surface area contributed by atoms with E-state index in [0.717, 1.165) is 13.0 Å². The van der Waals surface area contributed by atoms with Gasteiger partial charge in [-0.3, -0.25) is 0 Å². The Labute approximate surface area is 113 Å². The molecule has 2 N–H and O–H groups in total. The fourth-order valence-electron chi connectivity index (χ4n) is 2.82. The fourth-order valence-corrected chi connectivity index (χ4v) is 3.95. The standard InChI is InChI=1S/C15H21NOS/c17-9-8-15(6-7-15)11-16-13-5-10-18-14-4-2-1-3-12(13)14/h1-4,13,16-17H,5-11H2. The van der Waals surface area contributed by atoms with E-state index >= 15 is 0 Å². The van der Waals surface area contributed by atoms with E-state index in [4.69, 9.17) is 5.11 Å². The van der Waals surface area contributed by atoms with Crippen LogP contribution in [0.15, 0.2) is 29.2 Å². The fraction of sp³-hybridized carbons (Fsp3) is 0.600. The van der Waals surface area contributed by atoms with Crippen LogP contribution in [-0.4, -0.2) is 24.0 Å². The SMILES string of the molecule is OCCC1(CNC2CCSc3ccccc32)CC1. The summed E-state index contributed by atoms with van der Waals surface area (Å²) in [6.45, 7) is 1.40. The first-order valence-electron chi connectivity index (χ1n) is 6.89. The molecule has 3 rings (SSSR count). The highest BCUT2D eigenvalue weighted by atomic mass is 32.2. The molecular formula is C15H21NOS. The quantitative estimate of drug-likeness (QED) is 0.856. The summed E-state index contributed by atoms with van der Waals surface area (Å²) in [5.41, 5.74) is 1.88. The number of rotatable bonds is 5. The van der Waals surface area contributed by atoms with Crippen molar-refractivity contribution in [2.45, 2.75) is 36.6 Å². The number of aliphatic hydroxyl groups excluding tert-OH is 1. The number of benzene rings is 1. The highest BCUT2D eigenvalue weighted by Gasteiger charge is 2.41. The highest BCUT2D eigenvalue weighted by Crippen LogP contribution is 2.48. The van der Waals surface area contributed by atoms with Crippen LogP contribution >= 0.6 is 11.8 Å². The van der Waals surface area contributed by atoms with Crippen molar-refractivity contribution in [1.29, 1.82) is 0 Å². The third-order valence-electron chi connectivity index (χ3n) is 4.28. The first-order chi connectivity index (χ1) is 8.83. The van der Waals surface area contributed by atoms with E-state index in [-0.39, 0.29) is 0 Å². The van der Waals surface area contributed by atoms with E-state index in [0.29, 0.717) is 18.1 Å². The lowest BCUT2D eigenvalue weighted by Gasteiger charge is -2.28. The molecule has 0 saturated heterocycles. The maximum absolute atomic E-state index is 9.11.